The number of rotatable bonds is 4. The molecular formula is C16H25NOS. The van der Waals surface area contributed by atoms with E-state index >= 15 is 0 Å². The van der Waals surface area contributed by atoms with E-state index < -0.39 is 0 Å². The third kappa shape index (κ3) is 3.67. The second-order valence-corrected chi connectivity index (χ2v) is 7.18. The number of hydrogen-bond acceptors (Lipinski definition) is 3. The van der Waals surface area contributed by atoms with E-state index in [9.17, 15) is 0 Å². The van der Waals surface area contributed by atoms with Crippen LogP contribution in [0.5, 0.6) is 5.75 Å². The molecule has 1 heterocycles. The van der Waals surface area contributed by atoms with Crippen molar-refractivity contribution in [1.82, 2.24) is 5.32 Å². The van der Waals surface area contributed by atoms with Gasteiger partial charge >= 0.3 is 0 Å². The first kappa shape index (κ1) is 14.7. The van der Waals surface area contributed by atoms with Crippen LogP contribution in [-0.2, 0) is 0 Å². The van der Waals surface area contributed by atoms with Gasteiger partial charge in [-0.3, -0.25) is 0 Å². The molecule has 1 N–H and O–H groups in total. The van der Waals surface area contributed by atoms with Gasteiger partial charge in [-0.25, -0.2) is 0 Å². The van der Waals surface area contributed by atoms with Crippen LogP contribution >= 0.6 is 11.8 Å². The fourth-order valence-electron chi connectivity index (χ4n) is 2.52. The lowest BCUT2D eigenvalue weighted by molar-refractivity contribution is 0.232. The Morgan fingerprint density at radius 2 is 2.21 bits per heavy atom. The molecule has 19 heavy (non-hydrogen) atoms. The number of nitrogens with one attached hydrogen (secondary N) is 1. The Hall–Kier alpha value is -0.670. The minimum Gasteiger partial charge on any atom is -0.497 e. The van der Waals surface area contributed by atoms with Crippen LogP contribution in [-0.4, -0.2) is 24.7 Å². The van der Waals surface area contributed by atoms with Gasteiger partial charge in [0.05, 0.1) is 7.11 Å². The summed E-state index contributed by atoms with van der Waals surface area (Å²) in [6.45, 7) is 7.00. The quantitative estimate of drug-likeness (QED) is 0.904. The first-order chi connectivity index (χ1) is 9.03. The van der Waals surface area contributed by atoms with Gasteiger partial charge in [0.25, 0.3) is 0 Å². The normalized spacial score (nSPS) is 23.9. The Labute approximate surface area is 121 Å². The minimum atomic E-state index is 0.359. The van der Waals surface area contributed by atoms with Crippen LogP contribution < -0.4 is 10.1 Å². The van der Waals surface area contributed by atoms with Crippen LogP contribution in [0, 0.1) is 5.41 Å². The third-order valence-electron chi connectivity index (χ3n) is 4.16. The molecule has 1 aromatic rings. The van der Waals surface area contributed by atoms with Gasteiger partial charge in [-0.15, -0.1) is 0 Å². The second kappa shape index (κ2) is 6.19. The smallest absolute Gasteiger partial charge is 0.119 e. The summed E-state index contributed by atoms with van der Waals surface area (Å²) in [5.74, 6) is 3.43. The monoisotopic (exact) mass is 279 g/mol. The van der Waals surface area contributed by atoms with Gasteiger partial charge in [0.1, 0.15) is 5.75 Å². The van der Waals surface area contributed by atoms with Gasteiger partial charge in [-0.05, 0) is 42.2 Å². The molecule has 1 aliphatic rings. The molecule has 1 saturated heterocycles. The Bertz CT molecular complexity index is 419. The van der Waals surface area contributed by atoms with Gasteiger partial charge in [-0.1, -0.05) is 26.0 Å². The summed E-state index contributed by atoms with van der Waals surface area (Å²) in [4.78, 5) is 0. The summed E-state index contributed by atoms with van der Waals surface area (Å²) in [6, 6.07) is 9.29. The Morgan fingerprint density at radius 3 is 2.89 bits per heavy atom. The molecule has 0 amide bonds. The van der Waals surface area contributed by atoms with Crippen molar-refractivity contribution in [1.29, 1.82) is 0 Å². The van der Waals surface area contributed by atoms with Crippen LogP contribution in [0.4, 0.5) is 0 Å². The molecule has 1 unspecified atom stereocenters. The molecule has 0 radical (unpaired) electrons. The molecule has 0 aromatic heterocycles. The lowest BCUT2D eigenvalue weighted by Crippen LogP contribution is -2.47. The van der Waals surface area contributed by atoms with Crippen LogP contribution in [0.15, 0.2) is 24.3 Å². The third-order valence-corrected chi connectivity index (χ3v) is 5.23. The highest BCUT2D eigenvalue weighted by Gasteiger charge is 2.33. The maximum atomic E-state index is 5.30. The number of hydrogen-bond donors (Lipinski definition) is 1. The van der Waals surface area contributed by atoms with Gasteiger partial charge in [0.2, 0.25) is 0 Å². The van der Waals surface area contributed by atoms with Crippen molar-refractivity contribution in [3.63, 3.8) is 0 Å². The fraction of sp³-hybridized carbons (Fsp3) is 0.625. The Balaban J connectivity index is 2.05. The molecular weight excluding hydrogens is 254 g/mol. The van der Waals surface area contributed by atoms with E-state index in [-0.39, 0.29) is 0 Å². The van der Waals surface area contributed by atoms with E-state index in [4.69, 9.17) is 4.74 Å². The maximum absolute atomic E-state index is 5.30. The average molecular weight is 279 g/mol. The SMILES string of the molecule is COc1cccc([C@@H](C)NC2CSCCC2(C)C)c1. The average Bonchev–Trinajstić information content (AvgIpc) is 2.41. The number of ether oxygens (including phenoxy) is 1. The predicted octanol–water partition coefficient (Wildman–Crippen LogP) is 3.88. The Kier molecular flexibility index (Phi) is 4.80. The highest BCUT2D eigenvalue weighted by Crippen LogP contribution is 2.35. The topological polar surface area (TPSA) is 21.3 Å². The number of thioether (sulfide) groups is 1. The number of benzene rings is 1. The zero-order chi connectivity index (χ0) is 13.9. The summed E-state index contributed by atoms with van der Waals surface area (Å²) < 4.78 is 5.30. The first-order valence-corrected chi connectivity index (χ1v) is 8.16. The van der Waals surface area contributed by atoms with Crippen molar-refractivity contribution in [2.24, 2.45) is 5.41 Å². The van der Waals surface area contributed by atoms with Crippen molar-refractivity contribution in [2.45, 2.75) is 39.3 Å². The van der Waals surface area contributed by atoms with Gasteiger partial charge < -0.3 is 10.1 Å². The molecule has 2 rings (SSSR count). The van der Waals surface area contributed by atoms with Crippen LogP contribution in [0.2, 0.25) is 0 Å². The molecule has 1 aromatic carbocycles. The zero-order valence-electron chi connectivity index (χ0n) is 12.4. The summed E-state index contributed by atoms with van der Waals surface area (Å²) >= 11 is 2.06. The maximum Gasteiger partial charge on any atom is 0.119 e. The summed E-state index contributed by atoms with van der Waals surface area (Å²) in [5, 5.41) is 3.80. The molecule has 2 nitrogen and oxygen atoms in total. The van der Waals surface area contributed by atoms with Crippen molar-refractivity contribution >= 4 is 11.8 Å². The molecule has 2 atom stereocenters. The molecule has 0 aliphatic carbocycles. The lowest BCUT2D eigenvalue weighted by atomic mass is 9.81. The highest BCUT2D eigenvalue weighted by molar-refractivity contribution is 7.99. The van der Waals surface area contributed by atoms with Gasteiger partial charge in [0, 0.05) is 17.8 Å². The molecule has 1 aliphatic heterocycles. The van der Waals surface area contributed by atoms with Crippen molar-refractivity contribution in [3.8, 4) is 5.75 Å². The van der Waals surface area contributed by atoms with E-state index in [0.717, 1.165) is 5.75 Å². The summed E-state index contributed by atoms with van der Waals surface area (Å²) in [5.41, 5.74) is 1.68. The second-order valence-electron chi connectivity index (χ2n) is 6.03. The van der Waals surface area contributed by atoms with E-state index in [0.29, 0.717) is 17.5 Å². The molecule has 106 valence electrons. The first-order valence-electron chi connectivity index (χ1n) is 7.00. The minimum absolute atomic E-state index is 0.359. The number of methoxy groups -OCH3 is 1. The highest BCUT2D eigenvalue weighted by atomic mass is 32.2. The van der Waals surface area contributed by atoms with Crippen LogP contribution in [0.3, 0.4) is 0 Å². The van der Waals surface area contributed by atoms with Gasteiger partial charge in [0.15, 0.2) is 0 Å². The lowest BCUT2D eigenvalue weighted by Gasteiger charge is -2.40. The van der Waals surface area contributed by atoms with Gasteiger partial charge in [-0.2, -0.15) is 11.8 Å². The molecule has 1 fully saturated rings. The Morgan fingerprint density at radius 1 is 1.42 bits per heavy atom. The van der Waals surface area contributed by atoms with Crippen molar-refractivity contribution in [2.75, 3.05) is 18.6 Å². The van der Waals surface area contributed by atoms with E-state index in [1.807, 2.05) is 6.07 Å². The largest absolute Gasteiger partial charge is 0.497 e. The fourth-order valence-corrected chi connectivity index (χ4v) is 4.14. The summed E-state index contributed by atoms with van der Waals surface area (Å²) in [7, 11) is 1.72. The molecule has 0 spiro atoms. The van der Waals surface area contributed by atoms with Crippen LogP contribution in [0.25, 0.3) is 0 Å². The van der Waals surface area contributed by atoms with E-state index in [1.54, 1.807) is 7.11 Å². The standard InChI is InChI=1S/C16H25NOS/c1-12(13-6-5-7-14(10-13)18-4)17-15-11-19-9-8-16(15,2)3/h5-7,10,12,15,17H,8-9,11H2,1-4H3/t12-,15?/m1/s1. The summed E-state index contributed by atoms with van der Waals surface area (Å²) in [6.07, 6.45) is 1.29. The molecule has 3 heteroatoms. The zero-order valence-corrected chi connectivity index (χ0v) is 13.2. The molecule has 0 saturated carbocycles. The van der Waals surface area contributed by atoms with E-state index in [2.05, 4.69) is 56.0 Å². The van der Waals surface area contributed by atoms with Crippen LogP contribution in [0.1, 0.15) is 38.8 Å². The molecule has 0 bridgehead atoms. The van der Waals surface area contributed by atoms with Crippen molar-refractivity contribution < 1.29 is 4.74 Å². The van der Waals surface area contributed by atoms with E-state index in [1.165, 1.54) is 23.5 Å². The van der Waals surface area contributed by atoms with Crippen molar-refractivity contribution in [3.05, 3.63) is 29.8 Å². The predicted molar refractivity (Wildman–Crippen MR) is 84.1 cm³/mol.